The number of aliphatic carboxylic acids is 1. The Morgan fingerprint density at radius 2 is 1.97 bits per heavy atom. The van der Waals surface area contributed by atoms with Crippen LogP contribution >= 0.6 is 11.6 Å². The summed E-state index contributed by atoms with van der Waals surface area (Å²) in [4.78, 5) is 31.1. The molecule has 36 heavy (non-hydrogen) atoms. The SMILES string of the molecule is O=C(N[C@@H](CCN(CCCCc1ccc2c(n1)NCCC2)C1CC1)C(=O)O)OCc1ccc(Cl)cc1. The Labute approximate surface area is 217 Å². The molecular weight excluding hydrogens is 480 g/mol. The fraction of sp³-hybridized carbons (Fsp3) is 0.519. The molecular formula is C27H35ClN4O4. The molecule has 1 saturated carbocycles. The van der Waals surface area contributed by atoms with Crippen LogP contribution in [0.25, 0.3) is 0 Å². The number of amides is 1. The number of carbonyl (C=O) groups excluding carboxylic acids is 1. The summed E-state index contributed by atoms with van der Waals surface area (Å²) >= 11 is 5.86. The molecule has 0 saturated heterocycles. The van der Waals surface area contributed by atoms with Gasteiger partial charge >= 0.3 is 12.1 Å². The molecule has 1 fully saturated rings. The molecule has 1 aromatic carbocycles. The standard InChI is InChI=1S/C27H35ClN4O4/c28-21-9-6-19(7-10-21)18-36-27(35)31-24(26(33)34)14-17-32(23-12-13-23)16-2-1-5-22-11-8-20-4-3-15-29-25(20)30-22/h6-11,23-24H,1-5,12-18H2,(H,29,30)(H,31,35)(H,33,34)/t24-/m0/s1. The smallest absolute Gasteiger partial charge is 0.408 e. The Hall–Kier alpha value is -2.84. The lowest BCUT2D eigenvalue weighted by Gasteiger charge is -2.24. The molecule has 2 heterocycles. The van der Waals surface area contributed by atoms with E-state index in [9.17, 15) is 14.7 Å². The van der Waals surface area contributed by atoms with E-state index in [1.54, 1.807) is 24.3 Å². The van der Waals surface area contributed by atoms with E-state index in [-0.39, 0.29) is 6.61 Å². The number of carboxylic acids is 1. The highest BCUT2D eigenvalue weighted by atomic mass is 35.5. The van der Waals surface area contributed by atoms with E-state index in [1.165, 1.54) is 5.56 Å². The lowest BCUT2D eigenvalue weighted by atomic mass is 10.1. The highest BCUT2D eigenvalue weighted by Crippen LogP contribution is 2.27. The van der Waals surface area contributed by atoms with Crippen molar-refractivity contribution < 1.29 is 19.4 Å². The number of anilines is 1. The number of hydrogen-bond acceptors (Lipinski definition) is 6. The molecule has 1 aromatic heterocycles. The molecule has 2 aliphatic rings. The summed E-state index contributed by atoms with van der Waals surface area (Å²) in [6.45, 7) is 2.59. The Kier molecular flexibility index (Phi) is 9.41. The van der Waals surface area contributed by atoms with E-state index in [2.05, 4.69) is 27.7 Å². The molecule has 194 valence electrons. The lowest BCUT2D eigenvalue weighted by Crippen LogP contribution is -2.43. The summed E-state index contributed by atoms with van der Waals surface area (Å²) in [6, 6.07) is 10.8. The zero-order valence-corrected chi connectivity index (χ0v) is 21.3. The Balaban J connectivity index is 1.18. The number of aromatic nitrogens is 1. The molecule has 0 unspecified atom stereocenters. The van der Waals surface area contributed by atoms with E-state index in [0.29, 0.717) is 24.0 Å². The van der Waals surface area contributed by atoms with Crippen LogP contribution in [0, 0.1) is 0 Å². The van der Waals surface area contributed by atoms with Gasteiger partial charge in [0.1, 0.15) is 18.5 Å². The number of carbonyl (C=O) groups is 2. The highest BCUT2D eigenvalue weighted by molar-refractivity contribution is 6.30. The van der Waals surface area contributed by atoms with Crippen molar-refractivity contribution in [2.75, 3.05) is 25.0 Å². The van der Waals surface area contributed by atoms with Gasteiger partial charge in [0.05, 0.1) is 0 Å². The number of halogens is 1. The normalized spacial score (nSPS) is 15.6. The third-order valence-corrected chi connectivity index (χ3v) is 6.97. The topological polar surface area (TPSA) is 104 Å². The van der Waals surface area contributed by atoms with E-state index in [4.69, 9.17) is 21.3 Å². The monoisotopic (exact) mass is 514 g/mol. The van der Waals surface area contributed by atoms with Gasteiger partial charge in [-0.15, -0.1) is 0 Å². The average molecular weight is 515 g/mol. The number of aryl methyl sites for hydroxylation is 2. The molecule has 0 bridgehead atoms. The van der Waals surface area contributed by atoms with Crippen LogP contribution in [0.4, 0.5) is 10.6 Å². The molecule has 0 spiro atoms. The maximum absolute atomic E-state index is 12.2. The fourth-order valence-electron chi connectivity index (χ4n) is 4.51. The number of hydrogen-bond donors (Lipinski definition) is 3. The van der Waals surface area contributed by atoms with Crippen molar-refractivity contribution in [1.29, 1.82) is 0 Å². The summed E-state index contributed by atoms with van der Waals surface area (Å²) in [5.41, 5.74) is 3.21. The number of nitrogens with one attached hydrogen (secondary N) is 2. The summed E-state index contributed by atoms with van der Waals surface area (Å²) in [5, 5.41) is 16.1. The molecule has 4 rings (SSSR count). The molecule has 1 aliphatic carbocycles. The van der Waals surface area contributed by atoms with Gasteiger partial charge in [0.15, 0.2) is 0 Å². The van der Waals surface area contributed by atoms with Gasteiger partial charge in [-0.25, -0.2) is 14.6 Å². The second-order valence-corrected chi connectivity index (χ2v) is 10.0. The summed E-state index contributed by atoms with van der Waals surface area (Å²) in [7, 11) is 0. The number of ether oxygens (including phenoxy) is 1. The number of alkyl carbamates (subject to hydrolysis) is 1. The van der Waals surface area contributed by atoms with E-state index < -0.39 is 18.1 Å². The predicted molar refractivity (Wildman–Crippen MR) is 139 cm³/mol. The maximum Gasteiger partial charge on any atom is 0.408 e. The van der Waals surface area contributed by atoms with Crippen molar-refractivity contribution in [3.63, 3.8) is 0 Å². The van der Waals surface area contributed by atoms with Crippen molar-refractivity contribution in [1.82, 2.24) is 15.2 Å². The van der Waals surface area contributed by atoms with Gasteiger partial charge in [-0.05, 0) is 87.2 Å². The van der Waals surface area contributed by atoms with Gasteiger partial charge in [0.2, 0.25) is 0 Å². The Morgan fingerprint density at radius 1 is 1.17 bits per heavy atom. The first-order valence-electron chi connectivity index (χ1n) is 12.8. The van der Waals surface area contributed by atoms with Crippen LogP contribution < -0.4 is 10.6 Å². The van der Waals surface area contributed by atoms with Crippen LogP contribution in [0.5, 0.6) is 0 Å². The summed E-state index contributed by atoms with van der Waals surface area (Å²) in [5.74, 6) is -0.0152. The Bertz CT molecular complexity index is 1030. The minimum Gasteiger partial charge on any atom is -0.480 e. The van der Waals surface area contributed by atoms with Crippen LogP contribution in [0.1, 0.15) is 55.3 Å². The molecule has 2 aromatic rings. The van der Waals surface area contributed by atoms with Gasteiger partial charge in [-0.1, -0.05) is 29.8 Å². The van der Waals surface area contributed by atoms with Gasteiger partial charge < -0.3 is 25.4 Å². The van der Waals surface area contributed by atoms with Crippen LogP contribution in [0.2, 0.25) is 5.02 Å². The first-order valence-corrected chi connectivity index (χ1v) is 13.2. The number of nitrogens with zero attached hydrogens (tertiary/aromatic N) is 2. The van der Waals surface area contributed by atoms with Crippen molar-refractivity contribution in [3.05, 3.63) is 58.2 Å². The third-order valence-electron chi connectivity index (χ3n) is 6.72. The number of benzene rings is 1. The van der Waals surface area contributed by atoms with Gasteiger partial charge in [0.25, 0.3) is 0 Å². The summed E-state index contributed by atoms with van der Waals surface area (Å²) < 4.78 is 5.19. The van der Waals surface area contributed by atoms with Crippen molar-refractivity contribution >= 4 is 29.5 Å². The van der Waals surface area contributed by atoms with Gasteiger partial charge in [-0.2, -0.15) is 0 Å². The first-order chi connectivity index (χ1) is 17.5. The number of fused-ring (bicyclic) bond motifs is 1. The van der Waals surface area contributed by atoms with Crippen molar-refractivity contribution in [2.24, 2.45) is 0 Å². The minimum absolute atomic E-state index is 0.0542. The van der Waals surface area contributed by atoms with E-state index >= 15 is 0 Å². The number of carboxylic acid groups (broad SMARTS) is 1. The maximum atomic E-state index is 12.2. The zero-order valence-electron chi connectivity index (χ0n) is 20.5. The number of rotatable bonds is 13. The lowest BCUT2D eigenvalue weighted by molar-refractivity contribution is -0.139. The highest BCUT2D eigenvalue weighted by Gasteiger charge is 2.30. The van der Waals surface area contributed by atoms with Crippen LogP contribution in [0.3, 0.4) is 0 Å². The largest absolute Gasteiger partial charge is 0.480 e. The molecule has 9 heteroatoms. The van der Waals surface area contributed by atoms with Crippen LogP contribution in [-0.4, -0.2) is 58.8 Å². The van der Waals surface area contributed by atoms with Crippen molar-refractivity contribution in [3.8, 4) is 0 Å². The second kappa shape index (κ2) is 12.9. The van der Waals surface area contributed by atoms with Crippen LogP contribution in [-0.2, 0) is 29.0 Å². The van der Waals surface area contributed by atoms with Crippen molar-refractivity contribution in [2.45, 2.75) is 70.1 Å². The van der Waals surface area contributed by atoms with Gasteiger partial charge in [-0.3, -0.25) is 0 Å². The molecule has 1 amide bonds. The molecule has 1 aliphatic heterocycles. The molecule has 0 radical (unpaired) electrons. The predicted octanol–water partition coefficient (Wildman–Crippen LogP) is 4.65. The number of unbranched alkanes of at least 4 members (excludes halogenated alkanes) is 1. The zero-order chi connectivity index (χ0) is 25.3. The van der Waals surface area contributed by atoms with E-state index in [0.717, 1.165) is 75.1 Å². The second-order valence-electron chi connectivity index (χ2n) is 9.59. The van der Waals surface area contributed by atoms with Crippen LogP contribution in [0.15, 0.2) is 36.4 Å². The quantitative estimate of drug-likeness (QED) is 0.334. The third kappa shape index (κ3) is 8.10. The van der Waals surface area contributed by atoms with E-state index in [1.807, 2.05) is 0 Å². The fourth-order valence-corrected chi connectivity index (χ4v) is 4.64. The average Bonchev–Trinajstić information content (AvgIpc) is 3.72. The number of pyridine rings is 1. The minimum atomic E-state index is -1.05. The summed E-state index contributed by atoms with van der Waals surface area (Å²) in [6.07, 6.45) is 7.14. The molecule has 8 nitrogen and oxygen atoms in total. The van der Waals surface area contributed by atoms with Gasteiger partial charge in [0, 0.05) is 29.8 Å². The first kappa shape index (κ1) is 26.2. The molecule has 3 N–H and O–H groups in total. The Morgan fingerprint density at radius 3 is 2.72 bits per heavy atom. The molecule has 1 atom stereocenters.